The highest BCUT2D eigenvalue weighted by atomic mass is 19.1. The van der Waals surface area contributed by atoms with Gasteiger partial charge in [-0.25, -0.2) is 4.39 Å². The molecule has 112 valence electrons. The van der Waals surface area contributed by atoms with E-state index in [9.17, 15) is 4.39 Å². The van der Waals surface area contributed by atoms with Gasteiger partial charge in [0.15, 0.2) is 11.6 Å². The van der Waals surface area contributed by atoms with Gasteiger partial charge in [0.25, 0.3) is 0 Å². The van der Waals surface area contributed by atoms with Gasteiger partial charge in [-0.3, -0.25) is 0 Å². The normalized spacial score (nSPS) is 15.9. The molecule has 1 unspecified atom stereocenters. The van der Waals surface area contributed by atoms with E-state index in [2.05, 4.69) is 12.2 Å². The van der Waals surface area contributed by atoms with Crippen LogP contribution >= 0.6 is 0 Å². The third-order valence-electron chi connectivity index (χ3n) is 3.73. The van der Waals surface area contributed by atoms with Crippen molar-refractivity contribution >= 4 is 11.4 Å². The number of hydrogen-bond donors (Lipinski definition) is 2. The minimum Gasteiger partial charge on any atom is -0.490 e. The van der Waals surface area contributed by atoms with Crippen LogP contribution in [0.15, 0.2) is 12.1 Å². The summed E-state index contributed by atoms with van der Waals surface area (Å²) in [4.78, 5) is 0. The van der Waals surface area contributed by atoms with E-state index in [1.54, 1.807) is 6.07 Å². The Balaban J connectivity index is 2.07. The fourth-order valence-corrected chi connectivity index (χ4v) is 2.32. The molecule has 1 atom stereocenters. The Morgan fingerprint density at radius 3 is 2.75 bits per heavy atom. The molecule has 0 heterocycles. The number of anilines is 2. The van der Waals surface area contributed by atoms with Crippen LogP contribution in [0.1, 0.15) is 46.0 Å². The summed E-state index contributed by atoms with van der Waals surface area (Å²) in [6.07, 6.45) is 5.73. The van der Waals surface area contributed by atoms with Gasteiger partial charge in [0.1, 0.15) is 0 Å². The molecular formula is C16H25FN2O. The molecule has 3 nitrogen and oxygen atoms in total. The molecule has 4 heteroatoms. The van der Waals surface area contributed by atoms with Gasteiger partial charge >= 0.3 is 0 Å². The maximum absolute atomic E-state index is 13.8. The van der Waals surface area contributed by atoms with Crippen LogP contribution in [0.5, 0.6) is 5.75 Å². The van der Waals surface area contributed by atoms with Gasteiger partial charge in [0.2, 0.25) is 0 Å². The monoisotopic (exact) mass is 280 g/mol. The van der Waals surface area contributed by atoms with Crippen LogP contribution in [0.3, 0.4) is 0 Å². The summed E-state index contributed by atoms with van der Waals surface area (Å²) < 4.78 is 19.2. The Morgan fingerprint density at radius 2 is 2.15 bits per heavy atom. The highest BCUT2D eigenvalue weighted by Crippen LogP contribution is 2.36. The number of rotatable bonds is 8. The number of hydrogen-bond acceptors (Lipinski definition) is 3. The van der Waals surface area contributed by atoms with E-state index in [1.807, 2.05) is 6.92 Å². The van der Waals surface area contributed by atoms with Crippen LogP contribution in [0.2, 0.25) is 0 Å². The number of nitrogens with one attached hydrogen (secondary N) is 1. The average molecular weight is 280 g/mol. The van der Waals surface area contributed by atoms with Crippen molar-refractivity contribution in [2.45, 2.75) is 52.0 Å². The Hall–Kier alpha value is -1.45. The maximum atomic E-state index is 13.8. The van der Waals surface area contributed by atoms with Crippen molar-refractivity contribution in [3.63, 3.8) is 0 Å². The van der Waals surface area contributed by atoms with Gasteiger partial charge in [0.05, 0.1) is 18.0 Å². The first-order valence-electron chi connectivity index (χ1n) is 7.62. The van der Waals surface area contributed by atoms with Gasteiger partial charge < -0.3 is 15.8 Å². The summed E-state index contributed by atoms with van der Waals surface area (Å²) in [5, 5.41) is 3.44. The molecule has 3 N–H and O–H groups in total. The topological polar surface area (TPSA) is 47.3 Å². The van der Waals surface area contributed by atoms with E-state index in [1.165, 1.54) is 25.3 Å². The molecule has 0 aromatic heterocycles. The third-order valence-corrected chi connectivity index (χ3v) is 3.73. The molecule has 1 aromatic rings. The molecule has 0 radical (unpaired) electrons. The molecule has 0 bridgehead atoms. The number of nitrogens with two attached hydrogens (primary N) is 1. The van der Waals surface area contributed by atoms with E-state index < -0.39 is 5.82 Å². The number of benzene rings is 1. The molecule has 2 rings (SSSR count). The highest BCUT2D eigenvalue weighted by molar-refractivity contribution is 5.69. The summed E-state index contributed by atoms with van der Waals surface area (Å²) >= 11 is 0. The first kappa shape index (κ1) is 14.9. The SMILES string of the molecule is CCCOc1cc(NC(CC)CC2CC2)c(N)cc1F. The zero-order valence-electron chi connectivity index (χ0n) is 12.4. The zero-order chi connectivity index (χ0) is 14.5. The molecule has 1 fully saturated rings. The molecule has 0 aliphatic heterocycles. The van der Waals surface area contributed by atoms with Crippen molar-refractivity contribution in [3.8, 4) is 5.75 Å². The quantitative estimate of drug-likeness (QED) is 0.702. The Kier molecular flexibility index (Phi) is 5.10. The summed E-state index contributed by atoms with van der Waals surface area (Å²) in [6, 6.07) is 3.43. The van der Waals surface area contributed by atoms with Gasteiger partial charge in [0, 0.05) is 18.2 Å². The van der Waals surface area contributed by atoms with Crippen molar-refractivity contribution in [3.05, 3.63) is 17.9 Å². The minimum absolute atomic E-state index is 0.282. The van der Waals surface area contributed by atoms with Crippen LogP contribution in [0.25, 0.3) is 0 Å². The largest absolute Gasteiger partial charge is 0.490 e. The van der Waals surface area contributed by atoms with Gasteiger partial charge in [-0.2, -0.15) is 0 Å². The summed E-state index contributed by atoms with van der Waals surface area (Å²) in [5.74, 6) is 0.742. The van der Waals surface area contributed by atoms with Crippen molar-refractivity contribution in [2.24, 2.45) is 5.92 Å². The predicted octanol–water partition coefficient (Wildman–Crippen LogP) is 4.19. The molecule has 0 amide bonds. The smallest absolute Gasteiger partial charge is 0.167 e. The molecule has 0 spiro atoms. The second-order valence-corrected chi connectivity index (χ2v) is 5.65. The number of ether oxygens (including phenoxy) is 1. The Labute approximate surface area is 120 Å². The lowest BCUT2D eigenvalue weighted by atomic mass is 10.1. The van der Waals surface area contributed by atoms with Crippen molar-refractivity contribution in [1.29, 1.82) is 0 Å². The van der Waals surface area contributed by atoms with Crippen LogP contribution < -0.4 is 15.8 Å². The van der Waals surface area contributed by atoms with E-state index in [0.717, 1.165) is 24.4 Å². The first-order valence-corrected chi connectivity index (χ1v) is 7.62. The van der Waals surface area contributed by atoms with Crippen LogP contribution in [-0.2, 0) is 0 Å². The second-order valence-electron chi connectivity index (χ2n) is 5.65. The fraction of sp³-hybridized carbons (Fsp3) is 0.625. The third kappa shape index (κ3) is 4.02. The average Bonchev–Trinajstić information content (AvgIpc) is 3.23. The Bertz CT molecular complexity index is 446. The summed E-state index contributed by atoms with van der Waals surface area (Å²) in [7, 11) is 0. The fourth-order valence-electron chi connectivity index (χ4n) is 2.32. The van der Waals surface area contributed by atoms with Crippen molar-refractivity contribution < 1.29 is 9.13 Å². The lowest BCUT2D eigenvalue weighted by Crippen LogP contribution is -2.20. The van der Waals surface area contributed by atoms with Gasteiger partial charge in [-0.15, -0.1) is 0 Å². The molecule has 0 saturated heterocycles. The van der Waals surface area contributed by atoms with Crippen molar-refractivity contribution in [1.82, 2.24) is 0 Å². The van der Waals surface area contributed by atoms with E-state index in [0.29, 0.717) is 18.3 Å². The van der Waals surface area contributed by atoms with Crippen LogP contribution in [0, 0.1) is 11.7 Å². The lowest BCUT2D eigenvalue weighted by molar-refractivity contribution is 0.301. The number of halogens is 1. The van der Waals surface area contributed by atoms with Crippen LogP contribution in [0.4, 0.5) is 15.8 Å². The molecule has 1 saturated carbocycles. The molecule has 1 aliphatic rings. The van der Waals surface area contributed by atoms with E-state index >= 15 is 0 Å². The van der Waals surface area contributed by atoms with Gasteiger partial charge in [-0.05, 0) is 25.2 Å². The zero-order valence-corrected chi connectivity index (χ0v) is 12.4. The maximum Gasteiger partial charge on any atom is 0.167 e. The van der Waals surface area contributed by atoms with Crippen molar-refractivity contribution in [2.75, 3.05) is 17.7 Å². The molecule has 20 heavy (non-hydrogen) atoms. The molecule has 1 aromatic carbocycles. The number of nitrogen functional groups attached to an aromatic ring is 1. The predicted molar refractivity (Wildman–Crippen MR) is 81.6 cm³/mol. The molecule has 1 aliphatic carbocycles. The van der Waals surface area contributed by atoms with Gasteiger partial charge in [-0.1, -0.05) is 26.7 Å². The Morgan fingerprint density at radius 1 is 1.40 bits per heavy atom. The second kappa shape index (κ2) is 6.82. The minimum atomic E-state index is -0.392. The summed E-state index contributed by atoms with van der Waals surface area (Å²) in [5.41, 5.74) is 7.14. The summed E-state index contributed by atoms with van der Waals surface area (Å²) in [6.45, 7) is 4.67. The van der Waals surface area contributed by atoms with E-state index in [4.69, 9.17) is 10.5 Å². The first-order chi connectivity index (χ1) is 9.63. The lowest BCUT2D eigenvalue weighted by Gasteiger charge is -2.20. The van der Waals surface area contributed by atoms with E-state index in [-0.39, 0.29) is 5.75 Å². The standard InChI is InChI=1S/C16H25FN2O/c1-3-7-20-16-10-15(14(18)9-13(16)17)19-12(4-2)8-11-5-6-11/h9-12,19H,3-8,18H2,1-2H3. The highest BCUT2D eigenvalue weighted by Gasteiger charge is 2.25. The van der Waals surface area contributed by atoms with Crippen LogP contribution in [-0.4, -0.2) is 12.6 Å². The molecular weight excluding hydrogens is 255 g/mol.